The van der Waals surface area contributed by atoms with Gasteiger partial charge in [-0.3, -0.25) is 14.9 Å². The number of hydrogen-bond donors (Lipinski definition) is 1. The number of amides is 2. The summed E-state index contributed by atoms with van der Waals surface area (Å²) < 4.78 is 16.9. The third-order valence-corrected chi connectivity index (χ3v) is 7.37. The van der Waals surface area contributed by atoms with Crippen LogP contribution in [0.5, 0.6) is 0 Å². The summed E-state index contributed by atoms with van der Waals surface area (Å²) in [7, 11) is 1.72. The van der Waals surface area contributed by atoms with Crippen LogP contribution in [-0.4, -0.2) is 34.2 Å². The number of carbonyl (C=O) groups excluding carboxylic acids is 2. The SMILES string of the molecule is CO[C@H]1C[C@@H]2O[C@H]1n1c3ccccc3c3c4c(c5c6ccccc6n2c5c31)C(=O)NC4=O. The minimum atomic E-state index is -0.342. The Kier molecular flexibility index (Phi) is 2.85. The summed E-state index contributed by atoms with van der Waals surface area (Å²) in [6.45, 7) is 0. The average molecular weight is 423 g/mol. The number of hydrogen-bond acceptors (Lipinski definition) is 4. The fraction of sp³-hybridized carbons (Fsp3) is 0.200. The molecule has 0 aliphatic carbocycles. The topological polar surface area (TPSA) is 74.5 Å². The molecule has 2 aromatic heterocycles. The lowest BCUT2D eigenvalue weighted by Crippen LogP contribution is -2.21. The zero-order chi connectivity index (χ0) is 21.3. The van der Waals surface area contributed by atoms with Gasteiger partial charge in [0.15, 0.2) is 6.23 Å². The highest BCUT2D eigenvalue weighted by molar-refractivity contribution is 6.39. The zero-order valence-electron chi connectivity index (χ0n) is 17.1. The minimum Gasteiger partial charge on any atom is -0.377 e. The predicted octanol–water partition coefficient (Wildman–Crippen LogP) is 4.23. The minimum absolute atomic E-state index is 0.132. The van der Waals surface area contributed by atoms with Gasteiger partial charge in [0.1, 0.15) is 12.3 Å². The summed E-state index contributed by atoms with van der Waals surface area (Å²) in [5.41, 5.74) is 4.76. The monoisotopic (exact) mass is 423 g/mol. The van der Waals surface area contributed by atoms with Gasteiger partial charge in [-0.1, -0.05) is 36.4 Å². The molecule has 8 rings (SSSR count). The Hall–Kier alpha value is -3.68. The summed E-state index contributed by atoms with van der Waals surface area (Å²) in [5, 5.41) is 6.07. The fourth-order valence-corrected chi connectivity index (χ4v) is 6.22. The van der Waals surface area contributed by atoms with Gasteiger partial charge in [0.05, 0.1) is 33.2 Å². The molecule has 3 aromatic carbocycles. The van der Waals surface area contributed by atoms with Gasteiger partial charge in [0, 0.05) is 35.1 Å². The summed E-state index contributed by atoms with van der Waals surface area (Å²) in [6, 6.07) is 16.0. The van der Waals surface area contributed by atoms with Crippen molar-refractivity contribution >= 4 is 55.4 Å². The molecule has 3 atom stereocenters. The highest BCUT2D eigenvalue weighted by Crippen LogP contribution is 2.52. The number of fused-ring (bicyclic) bond motifs is 13. The largest absolute Gasteiger partial charge is 0.377 e. The molecular weight excluding hydrogens is 406 g/mol. The van der Waals surface area contributed by atoms with E-state index in [1.807, 2.05) is 42.5 Å². The lowest BCUT2D eigenvalue weighted by atomic mass is 9.96. The molecule has 2 amide bonds. The standard InChI is InChI=1S/C25H17N3O4/c1-31-15-10-16-27-13-8-4-2-6-11(13)17-19-20(24(30)26-23(19)29)18-12-7-3-5-9-14(12)28(25(15)32-16)22(18)21(17)27/h2-9,15-16,25H,10H2,1H3,(H,26,29,30)/t15-,16-,25+/m0/s1. The van der Waals surface area contributed by atoms with Crippen molar-refractivity contribution in [3.8, 4) is 0 Å². The molecule has 0 saturated carbocycles. The number of para-hydroxylation sites is 2. The van der Waals surface area contributed by atoms with Crippen LogP contribution in [-0.2, 0) is 9.47 Å². The lowest BCUT2D eigenvalue weighted by molar-refractivity contribution is -0.0597. The fourth-order valence-electron chi connectivity index (χ4n) is 6.22. The first-order chi connectivity index (χ1) is 15.7. The average Bonchev–Trinajstić information content (AvgIpc) is 3.50. The summed E-state index contributed by atoms with van der Waals surface area (Å²) in [4.78, 5) is 26.2. The van der Waals surface area contributed by atoms with E-state index >= 15 is 0 Å². The van der Waals surface area contributed by atoms with Crippen LogP contribution in [0.4, 0.5) is 0 Å². The van der Waals surface area contributed by atoms with Crippen LogP contribution in [0.3, 0.4) is 0 Å². The molecule has 7 heteroatoms. The first kappa shape index (κ1) is 16.9. The van der Waals surface area contributed by atoms with E-state index in [1.165, 1.54) is 0 Å². The molecule has 2 bridgehead atoms. The van der Waals surface area contributed by atoms with Crippen molar-refractivity contribution in [2.75, 3.05) is 7.11 Å². The van der Waals surface area contributed by atoms with Crippen molar-refractivity contribution in [3.05, 3.63) is 59.7 Å². The van der Waals surface area contributed by atoms with Crippen LogP contribution >= 0.6 is 0 Å². The van der Waals surface area contributed by atoms with Gasteiger partial charge in [-0.25, -0.2) is 0 Å². The maximum absolute atomic E-state index is 13.1. The normalized spacial score (nSPS) is 23.7. The maximum atomic E-state index is 13.1. The van der Waals surface area contributed by atoms with E-state index in [2.05, 4.69) is 20.5 Å². The van der Waals surface area contributed by atoms with Crippen LogP contribution in [0.2, 0.25) is 0 Å². The van der Waals surface area contributed by atoms with Crippen LogP contribution in [0, 0.1) is 0 Å². The quantitative estimate of drug-likeness (QED) is 0.410. The van der Waals surface area contributed by atoms with Crippen molar-refractivity contribution in [1.82, 2.24) is 14.5 Å². The molecule has 5 heterocycles. The summed E-state index contributed by atoms with van der Waals surface area (Å²) in [5.74, 6) is -0.679. The molecule has 32 heavy (non-hydrogen) atoms. The van der Waals surface area contributed by atoms with E-state index in [4.69, 9.17) is 9.47 Å². The maximum Gasteiger partial charge on any atom is 0.259 e. The molecule has 0 spiro atoms. The van der Waals surface area contributed by atoms with Gasteiger partial charge < -0.3 is 18.6 Å². The number of nitrogens with one attached hydrogen (secondary N) is 1. The Bertz CT molecular complexity index is 1710. The number of aromatic nitrogens is 2. The third-order valence-electron chi connectivity index (χ3n) is 7.37. The summed E-state index contributed by atoms with van der Waals surface area (Å²) in [6.07, 6.45) is 0.0110. The van der Waals surface area contributed by atoms with E-state index in [-0.39, 0.29) is 30.4 Å². The number of ether oxygens (including phenoxy) is 2. The van der Waals surface area contributed by atoms with Crippen molar-refractivity contribution in [2.45, 2.75) is 25.0 Å². The third kappa shape index (κ3) is 1.68. The highest BCUT2D eigenvalue weighted by atomic mass is 16.6. The molecule has 3 aliphatic heterocycles. The number of nitrogens with zero attached hydrogens (tertiary/aromatic N) is 2. The van der Waals surface area contributed by atoms with Gasteiger partial charge >= 0.3 is 0 Å². The predicted molar refractivity (Wildman–Crippen MR) is 119 cm³/mol. The van der Waals surface area contributed by atoms with Crippen LogP contribution in [0.25, 0.3) is 43.6 Å². The van der Waals surface area contributed by atoms with Gasteiger partial charge in [-0.05, 0) is 12.1 Å². The van der Waals surface area contributed by atoms with E-state index in [0.29, 0.717) is 17.5 Å². The molecule has 0 radical (unpaired) electrons. The smallest absolute Gasteiger partial charge is 0.259 e. The number of imide groups is 1. The highest BCUT2D eigenvalue weighted by Gasteiger charge is 2.45. The van der Waals surface area contributed by atoms with E-state index < -0.39 is 0 Å². The van der Waals surface area contributed by atoms with Gasteiger partial charge in [-0.2, -0.15) is 0 Å². The van der Waals surface area contributed by atoms with Crippen molar-refractivity contribution in [2.24, 2.45) is 0 Å². The van der Waals surface area contributed by atoms with Gasteiger partial charge in [0.25, 0.3) is 11.8 Å². The molecule has 0 unspecified atom stereocenters. The second-order valence-electron chi connectivity index (χ2n) is 8.75. The van der Waals surface area contributed by atoms with Gasteiger partial charge in [-0.15, -0.1) is 0 Å². The van der Waals surface area contributed by atoms with Crippen LogP contribution < -0.4 is 5.32 Å². The molecule has 3 aliphatic rings. The summed E-state index contributed by atoms with van der Waals surface area (Å²) >= 11 is 0. The van der Waals surface area contributed by atoms with Crippen LogP contribution in [0.15, 0.2) is 48.5 Å². The number of methoxy groups -OCH3 is 1. The lowest BCUT2D eigenvalue weighted by Gasteiger charge is -2.20. The van der Waals surface area contributed by atoms with Crippen molar-refractivity contribution in [3.63, 3.8) is 0 Å². The first-order valence-electron chi connectivity index (χ1n) is 10.7. The Labute approximate surface area is 181 Å². The zero-order valence-corrected chi connectivity index (χ0v) is 17.1. The second-order valence-corrected chi connectivity index (χ2v) is 8.75. The van der Waals surface area contributed by atoms with Crippen molar-refractivity contribution < 1.29 is 19.1 Å². The Morgan fingerprint density at radius 1 is 0.875 bits per heavy atom. The second kappa shape index (κ2) is 5.38. The number of carbonyl (C=O) groups is 2. The number of rotatable bonds is 1. The van der Waals surface area contributed by atoms with E-state index in [0.717, 1.165) is 43.6 Å². The molecule has 1 fully saturated rings. The molecule has 1 saturated heterocycles. The molecule has 1 N–H and O–H groups in total. The Morgan fingerprint density at radius 3 is 2.06 bits per heavy atom. The molecule has 5 aromatic rings. The van der Waals surface area contributed by atoms with E-state index in [1.54, 1.807) is 7.11 Å². The number of benzene rings is 3. The van der Waals surface area contributed by atoms with Crippen molar-refractivity contribution in [1.29, 1.82) is 0 Å². The van der Waals surface area contributed by atoms with Crippen LogP contribution in [0.1, 0.15) is 39.6 Å². The Morgan fingerprint density at radius 2 is 1.44 bits per heavy atom. The molecular formula is C25H17N3O4. The van der Waals surface area contributed by atoms with E-state index in [9.17, 15) is 9.59 Å². The Balaban J connectivity index is 1.78. The van der Waals surface area contributed by atoms with Gasteiger partial charge in [0.2, 0.25) is 0 Å². The first-order valence-corrected chi connectivity index (χ1v) is 10.7. The molecule has 156 valence electrons. The molecule has 7 nitrogen and oxygen atoms in total.